The Kier molecular flexibility index (Phi) is 3.07. The number of carbonyl (C=O) groups is 1. The lowest BCUT2D eigenvalue weighted by Crippen LogP contribution is -2.46. The fourth-order valence-corrected chi connectivity index (χ4v) is 6.32. The van der Waals surface area contributed by atoms with E-state index in [1.165, 1.54) is 32.1 Å². The number of Topliss-reactive ketones (excluding diaryl/α,β-unsaturated/α-hetero) is 1. The predicted molar refractivity (Wildman–Crippen MR) is 79.8 cm³/mol. The Morgan fingerprint density at radius 3 is 2.71 bits per heavy atom. The van der Waals surface area contributed by atoms with Crippen LogP contribution in [0.25, 0.3) is 0 Å². The lowest BCUT2D eigenvalue weighted by molar-refractivity contribution is -0.210. The quantitative estimate of drug-likeness (QED) is 0.775. The SMILES string of the molecule is C[C@@]12CCC[C@]13CC[C@@H](O[C@@H]1CCCCO1)[C@@]3(C)C(=O)C2. The van der Waals surface area contributed by atoms with E-state index in [0.29, 0.717) is 5.78 Å². The van der Waals surface area contributed by atoms with E-state index in [1.54, 1.807) is 0 Å². The Bertz CT molecular complexity index is 455. The van der Waals surface area contributed by atoms with Gasteiger partial charge in [-0.1, -0.05) is 13.3 Å². The highest BCUT2D eigenvalue weighted by molar-refractivity contribution is 5.90. The minimum atomic E-state index is -0.265. The van der Waals surface area contributed by atoms with Gasteiger partial charge in [-0.25, -0.2) is 0 Å². The molecular weight excluding hydrogens is 264 g/mol. The van der Waals surface area contributed by atoms with Crippen molar-refractivity contribution >= 4 is 5.78 Å². The highest BCUT2D eigenvalue weighted by Gasteiger charge is 2.74. The molecule has 0 radical (unpaired) electrons. The van der Waals surface area contributed by atoms with Gasteiger partial charge in [0.05, 0.1) is 11.5 Å². The molecule has 4 rings (SSSR count). The first-order valence-corrected chi connectivity index (χ1v) is 8.82. The van der Waals surface area contributed by atoms with Crippen LogP contribution in [0.4, 0.5) is 0 Å². The number of ketones is 1. The van der Waals surface area contributed by atoms with Crippen LogP contribution in [0.2, 0.25) is 0 Å². The summed E-state index contributed by atoms with van der Waals surface area (Å²) in [5, 5.41) is 0. The molecular formula is C18H28O3. The Hall–Kier alpha value is -0.410. The molecule has 0 N–H and O–H groups in total. The maximum absolute atomic E-state index is 12.9. The minimum Gasteiger partial charge on any atom is -0.353 e. The van der Waals surface area contributed by atoms with Crippen molar-refractivity contribution in [2.45, 2.75) is 84.0 Å². The maximum atomic E-state index is 12.9. The molecule has 0 aromatic heterocycles. The molecule has 21 heavy (non-hydrogen) atoms. The Morgan fingerprint density at radius 2 is 1.95 bits per heavy atom. The predicted octanol–water partition coefficient (Wildman–Crippen LogP) is 3.85. The third-order valence-corrected chi connectivity index (χ3v) is 7.54. The number of hydrogen-bond donors (Lipinski definition) is 0. The van der Waals surface area contributed by atoms with Crippen LogP contribution in [0.3, 0.4) is 0 Å². The third kappa shape index (κ3) is 1.65. The van der Waals surface area contributed by atoms with Gasteiger partial charge in [-0.3, -0.25) is 4.79 Å². The molecule has 4 fully saturated rings. The van der Waals surface area contributed by atoms with Gasteiger partial charge in [0, 0.05) is 13.0 Å². The summed E-state index contributed by atoms with van der Waals surface area (Å²) >= 11 is 0. The van der Waals surface area contributed by atoms with Crippen LogP contribution >= 0.6 is 0 Å². The van der Waals surface area contributed by atoms with Crippen molar-refractivity contribution in [3.8, 4) is 0 Å². The standard InChI is InChI=1S/C18H28O3/c1-16-8-5-9-18(16)10-7-14(17(18,2)13(19)12-16)21-15-6-3-4-11-20-15/h14-15H,3-12H2,1-2H3/t14-,15-,16+,17-,18+/m1/s1. The molecule has 118 valence electrons. The van der Waals surface area contributed by atoms with Crippen molar-refractivity contribution in [1.82, 2.24) is 0 Å². The third-order valence-electron chi connectivity index (χ3n) is 7.54. The summed E-state index contributed by atoms with van der Waals surface area (Å²) < 4.78 is 12.1. The van der Waals surface area contributed by atoms with Crippen molar-refractivity contribution in [1.29, 1.82) is 0 Å². The van der Waals surface area contributed by atoms with Crippen molar-refractivity contribution in [2.75, 3.05) is 6.61 Å². The van der Waals surface area contributed by atoms with E-state index >= 15 is 0 Å². The van der Waals surface area contributed by atoms with Crippen molar-refractivity contribution in [2.24, 2.45) is 16.2 Å². The van der Waals surface area contributed by atoms with Gasteiger partial charge < -0.3 is 9.47 Å². The topological polar surface area (TPSA) is 35.5 Å². The van der Waals surface area contributed by atoms with Gasteiger partial charge in [-0.2, -0.15) is 0 Å². The van der Waals surface area contributed by atoms with Crippen LogP contribution < -0.4 is 0 Å². The van der Waals surface area contributed by atoms with E-state index < -0.39 is 0 Å². The first-order valence-electron chi connectivity index (χ1n) is 8.82. The van der Waals surface area contributed by atoms with Gasteiger partial charge in [-0.15, -0.1) is 0 Å². The number of carbonyl (C=O) groups excluding carboxylic acids is 1. The zero-order valence-electron chi connectivity index (χ0n) is 13.5. The molecule has 0 amide bonds. The molecule has 1 aliphatic heterocycles. The second-order valence-electron chi connectivity index (χ2n) is 8.26. The molecule has 0 bridgehead atoms. The van der Waals surface area contributed by atoms with Crippen LogP contribution in [0.5, 0.6) is 0 Å². The lowest BCUT2D eigenvalue weighted by Gasteiger charge is -2.44. The zero-order valence-corrected chi connectivity index (χ0v) is 13.5. The normalized spacial score (nSPS) is 53.0. The molecule has 5 atom stereocenters. The fraction of sp³-hybridized carbons (Fsp3) is 0.944. The molecule has 4 aliphatic rings. The van der Waals surface area contributed by atoms with E-state index in [9.17, 15) is 4.79 Å². The van der Waals surface area contributed by atoms with E-state index in [4.69, 9.17) is 9.47 Å². The summed E-state index contributed by atoms with van der Waals surface area (Å²) in [4.78, 5) is 12.9. The van der Waals surface area contributed by atoms with Gasteiger partial charge in [0.25, 0.3) is 0 Å². The summed E-state index contributed by atoms with van der Waals surface area (Å²) in [6.07, 6.45) is 10.0. The Morgan fingerprint density at radius 1 is 1.10 bits per heavy atom. The van der Waals surface area contributed by atoms with Crippen LogP contribution in [-0.4, -0.2) is 24.8 Å². The molecule has 3 nitrogen and oxygen atoms in total. The average Bonchev–Trinajstić information content (AvgIpc) is 2.99. The minimum absolute atomic E-state index is 0.0724. The molecule has 3 heteroatoms. The largest absolute Gasteiger partial charge is 0.353 e. The Labute approximate surface area is 127 Å². The van der Waals surface area contributed by atoms with E-state index in [-0.39, 0.29) is 28.6 Å². The van der Waals surface area contributed by atoms with Crippen molar-refractivity contribution < 1.29 is 14.3 Å². The van der Waals surface area contributed by atoms with Gasteiger partial charge in [-0.05, 0) is 62.7 Å². The average molecular weight is 292 g/mol. The fourth-order valence-electron chi connectivity index (χ4n) is 6.32. The van der Waals surface area contributed by atoms with Crippen molar-refractivity contribution in [3.05, 3.63) is 0 Å². The molecule has 0 aromatic carbocycles. The second kappa shape index (κ2) is 4.55. The molecule has 1 heterocycles. The van der Waals surface area contributed by atoms with Crippen LogP contribution in [0.1, 0.15) is 71.6 Å². The first kappa shape index (κ1) is 14.2. The summed E-state index contributed by atoms with van der Waals surface area (Å²) in [6.45, 7) is 5.39. The molecule has 1 spiro atoms. The molecule has 0 aromatic rings. The van der Waals surface area contributed by atoms with Gasteiger partial charge in [0.15, 0.2) is 6.29 Å². The summed E-state index contributed by atoms with van der Waals surface area (Å²) in [6, 6.07) is 0. The summed E-state index contributed by atoms with van der Waals surface area (Å²) in [5.41, 5.74) is 0.167. The molecule has 1 saturated heterocycles. The number of ether oxygens (including phenoxy) is 2. The van der Waals surface area contributed by atoms with Crippen molar-refractivity contribution in [3.63, 3.8) is 0 Å². The Balaban J connectivity index is 1.62. The molecule has 3 saturated carbocycles. The van der Waals surface area contributed by atoms with Crippen LogP contribution in [0, 0.1) is 16.2 Å². The second-order valence-corrected chi connectivity index (χ2v) is 8.26. The van der Waals surface area contributed by atoms with Crippen LogP contribution in [-0.2, 0) is 14.3 Å². The first-order chi connectivity index (χ1) is 10.0. The monoisotopic (exact) mass is 292 g/mol. The maximum Gasteiger partial charge on any atom is 0.157 e. The van der Waals surface area contributed by atoms with Gasteiger partial charge >= 0.3 is 0 Å². The van der Waals surface area contributed by atoms with Crippen LogP contribution in [0.15, 0.2) is 0 Å². The van der Waals surface area contributed by atoms with E-state index in [1.807, 2.05) is 0 Å². The molecule has 0 unspecified atom stereocenters. The summed E-state index contributed by atoms with van der Waals surface area (Å²) in [7, 11) is 0. The zero-order chi connectivity index (χ0) is 14.7. The molecule has 3 aliphatic carbocycles. The number of rotatable bonds is 2. The van der Waals surface area contributed by atoms with Gasteiger partial charge in [0.2, 0.25) is 0 Å². The van der Waals surface area contributed by atoms with E-state index in [2.05, 4.69) is 13.8 Å². The highest BCUT2D eigenvalue weighted by Crippen LogP contribution is 2.75. The summed E-state index contributed by atoms with van der Waals surface area (Å²) in [5.74, 6) is 0.461. The van der Waals surface area contributed by atoms with Gasteiger partial charge in [0.1, 0.15) is 5.78 Å². The smallest absolute Gasteiger partial charge is 0.157 e. The highest BCUT2D eigenvalue weighted by atomic mass is 16.7. The van der Waals surface area contributed by atoms with E-state index in [0.717, 1.165) is 32.3 Å². The number of hydrogen-bond acceptors (Lipinski definition) is 3. The lowest BCUT2D eigenvalue weighted by atomic mass is 9.60.